The third kappa shape index (κ3) is 4.20. The number of piperidine rings is 1. The van der Waals surface area contributed by atoms with Crippen LogP contribution in [0, 0.1) is 5.82 Å². The van der Waals surface area contributed by atoms with Gasteiger partial charge in [0.05, 0.1) is 5.56 Å². The molecule has 1 fully saturated rings. The molecule has 1 N–H and O–H groups in total. The van der Waals surface area contributed by atoms with Crippen LogP contribution >= 0.6 is 0 Å². The second-order valence-corrected chi connectivity index (χ2v) is 5.48. The van der Waals surface area contributed by atoms with Gasteiger partial charge in [0.2, 0.25) is 5.91 Å². The highest BCUT2D eigenvalue weighted by Gasteiger charge is 2.34. The molecule has 0 aliphatic carbocycles. The fraction of sp³-hybridized carbons (Fsp3) is 0.467. The van der Waals surface area contributed by atoms with Gasteiger partial charge in [-0.2, -0.15) is 13.2 Å². The molecule has 0 bridgehead atoms. The molecule has 2 amide bonds. The zero-order valence-electron chi connectivity index (χ0n) is 12.4. The lowest BCUT2D eigenvalue weighted by Crippen LogP contribution is -2.49. The number of amides is 2. The average molecular weight is 332 g/mol. The molecule has 0 radical (unpaired) electrons. The molecule has 1 saturated heterocycles. The maximum atomic E-state index is 13.6. The molecule has 2 rings (SSSR count). The zero-order valence-corrected chi connectivity index (χ0v) is 12.4. The van der Waals surface area contributed by atoms with Crippen molar-refractivity contribution in [3.8, 4) is 0 Å². The van der Waals surface area contributed by atoms with Gasteiger partial charge in [-0.05, 0) is 31.0 Å². The number of hydrogen-bond donors (Lipinski definition) is 1. The van der Waals surface area contributed by atoms with Crippen molar-refractivity contribution < 1.29 is 27.2 Å². The molecular weight excluding hydrogens is 316 g/mol. The summed E-state index contributed by atoms with van der Waals surface area (Å²) in [6, 6.07) is 1.94. The Morgan fingerprint density at radius 2 is 2.00 bits per heavy atom. The van der Waals surface area contributed by atoms with E-state index in [-0.39, 0.29) is 24.1 Å². The Morgan fingerprint density at radius 1 is 1.30 bits per heavy atom. The normalized spacial score (nSPS) is 18.7. The molecule has 0 saturated carbocycles. The van der Waals surface area contributed by atoms with Crippen LogP contribution in [0.1, 0.15) is 35.7 Å². The first-order valence-corrected chi connectivity index (χ1v) is 7.11. The molecule has 1 aliphatic heterocycles. The highest BCUT2D eigenvalue weighted by Crippen LogP contribution is 2.31. The SMILES string of the molecule is CC(=O)N[C@H]1CCCN(C(=O)c2ccc(C(F)(F)F)c(F)c2)C1. The van der Waals surface area contributed by atoms with Crippen molar-refractivity contribution in [3.05, 3.63) is 35.1 Å². The molecule has 0 spiro atoms. The Kier molecular flexibility index (Phi) is 4.91. The molecule has 1 aliphatic rings. The average Bonchev–Trinajstić information content (AvgIpc) is 2.44. The van der Waals surface area contributed by atoms with E-state index >= 15 is 0 Å². The van der Waals surface area contributed by atoms with Gasteiger partial charge in [0.15, 0.2) is 0 Å². The molecule has 0 unspecified atom stereocenters. The lowest BCUT2D eigenvalue weighted by molar-refractivity contribution is -0.140. The summed E-state index contributed by atoms with van der Waals surface area (Å²) in [5.41, 5.74) is -1.54. The van der Waals surface area contributed by atoms with Crippen molar-refractivity contribution >= 4 is 11.8 Å². The highest BCUT2D eigenvalue weighted by molar-refractivity contribution is 5.94. The Morgan fingerprint density at radius 3 is 2.57 bits per heavy atom. The van der Waals surface area contributed by atoms with E-state index in [0.29, 0.717) is 31.5 Å². The third-order valence-corrected chi connectivity index (χ3v) is 3.64. The number of nitrogens with zero attached hydrogens (tertiary/aromatic N) is 1. The molecule has 0 aromatic heterocycles. The van der Waals surface area contributed by atoms with Crippen LogP contribution in [-0.4, -0.2) is 35.8 Å². The summed E-state index contributed by atoms with van der Waals surface area (Å²) >= 11 is 0. The number of likely N-dealkylation sites (tertiary alicyclic amines) is 1. The smallest absolute Gasteiger partial charge is 0.352 e. The number of carbonyl (C=O) groups is 2. The van der Waals surface area contributed by atoms with Crippen molar-refractivity contribution in [2.75, 3.05) is 13.1 Å². The second kappa shape index (κ2) is 6.55. The van der Waals surface area contributed by atoms with Gasteiger partial charge in [0.25, 0.3) is 5.91 Å². The van der Waals surface area contributed by atoms with Crippen molar-refractivity contribution in [2.24, 2.45) is 0 Å². The van der Waals surface area contributed by atoms with Gasteiger partial charge in [-0.15, -0.1) is 0 Å². The van der Waals surface area contributed by atoms with Crippen LogP contribution in [0.15, 0.2) is 18.2 Å². The number of halogens is 4. The zero-order chi connectivity index (χ0) is 17.2. The lowest BCUT2D eigenvalue weighted by atomic mass is 10.0. The predicted octanol–water partition coefficient (Wildman–Crippen LogP) is 2.59. The Labute approximate surface area is 130 Å². The van der Waals surface area contributed by atoms with Gasteiger partial charge in [0.1, 0.15) is 5.82 Å². The Hall–Kier alpha value is -2.12. The summed E-state index contributed by atoms with van der Waals surface area (Å²) in [7, 11) is 0. The van der Waals surface area contributed by atoms with Gasteiger partial charge in [-0.3, -0.25) is 9.59 Å². The van der Waals surface area contributed by atoms with Crippen LogP contribution in [0.4, 0.5) is 17.6 Å². The maximum Gasteiger partial charge on any atom is 0.419 e. The van der Waals surface area contributed by atoms with E-state index in [0.717, 1.165) is 6.07 Å². The molecule has 1 aromatic carbocycles. The molecule has 1 aromatic rings. The monoisotopic (exact) mass is 332 g/mol. The predicted molar refractivity (Wildman–Crippen MR) is 74.1 cm³/mol. The van der Waals surface area contributed by atoms with E-state index in [1.165, 1.54) is 11.8 Å². The van der Waals surface area contributed by atoms with E-state index in [1.807, 2.05) is 0 Å². The molecule has 23 heavy (non-hydrogen) atoms. The second-order valence-electron chi connectivity index (χ2n) is 5.48. The first kappa shape index (κ1) is 17.2. The van der Waals surface area contributed by atoms with Crippen molar-refractivity contribution in [1.29, 1.82) is 0 Å². The van der Waals surface area contributed by atoms with Gasteiger partial charge >= 0.3 is 6.18 Å². The first-order chi connectivity index (χ1) is 10.7. The summed E-state index contributed by atoms with van der Waals surface area (Å²) in [6.45, 7) is 2.03. The van der Waals surface area contributed by atoms with E-state index in [1.54, 1.807) is 0 Å². The minimum Gasteiger partial charge on any atom is -0.352 e. The number of benzene rings is 1. The van der Waals surface area contributed by atoms with Gasteiger partial charge in [-0.25, -0.2) is 4.39 Å². The number of hydrogen-bond acceptors (Lipinski definition) is 2. The van der Waals surface area contributed by atoms with E-state index in [2.05, 4.69) is 5.32 Å². The minimum atomic E-state index is -4.80. The summed E-state index contributed by atoms with van der Waals surface area (Å²) < 4.78 is 51.2. The van der Waals surface area contributed by atoms with Crippen LogP contribution in [-0.2, 0) is 11.0 Å². The van der Waals surface area contributed by atoms with Gasteiger partial charge < -0.3 is 10.2 Å². The summed E-state index contributed by atoms with van der Waals surface area (Å²) in [6.07, 6.45) is -3.43. The Bertz CT molecular complexity index is 616. The van der Waals surface area contributed by atoms with E-state index in [9.17, 15) is 27.2 Å². The maximum absolute atomic E-state index is 13.6. The molecular formula is C15H16F4N2O2. The van der Waals surface area contributed by atoms with Crippen molar-refractivity contribution in [3.63, 3.8) is 0 Å². The number of carbonyl (C=O) groups excluding carboxylic acids is 2. The fourth-order valence-electron chi connectivity index (χ4n) is 2.63. The minimum absolute atomic E-state index is 0.140. The quantitative estimate of drug-likeness (QED) is 0.847. The van der Waals surface area contributed by atoms with Crippen LogP contribution in [0.2, 0.25) is 0 Å². The summed E-state index contributed by atoms with van der Waals surface area (Å²) in [5, 5.41) is 2.70. The molecule has 126 valence electrons. The first-order valence-electron chi connectivity index (χ1n) is 7.11. The van der Waals surface area contributed by atoms with Crippen molar-refractivity contribution in [1.82, 2.24) is 10.2 Å². The van der Waals surface area contributed by atoms with Gasteiger partial charge in [-0.1, -0.05) is 0 Å². The third-order valence-electron chi connectivity index (χ3n) is 3.64. The topological polar surface area (TPSA) is 49.4 Å². The van der Waals surface area contributed by atoms with Crippen LogP contribution in [0.3, 0.4) is 0 Å². The molecule has 1 atom stereocenters. The van der Waals surface area contributed by atoms with Gasteiger partial charge in [0, 0.05) is 31.6 Å². The Balaban J connectivity index is 2.14. The number of alkyl halides is 3. The lowest BCUT2D eigenvalue weighted by Gasteiger charge is -2.33. The fourth-order valence-corrected chi connectivity index (χ4v) is 2.63. The standard InChI is InChI=1S/C15H16F4N2O2/c1-9(22)20-11-3-2-6-21(8-11)14(23)10-4-5-12(13(16)7-10)15(17,18)19/h4-5,7,11H,2-3,6,8H2,1H3,(H,20,22)/t11-/m0/s1. The molecule has 1 heterocycles. The molecule has 8 heteroatoms. The summed E-state index contributed by atoms with van der Waals surface area (Å²) in [4.78, 5) is 24.8. The molecule has 4 nitrogen and oxygen atoms in total. The highest BCUT2D eigenvalue weighted by atomic mass is 19.4. The number of nitrogens with one attached hydrogen (secondary N) is 1. The van der Waals surface area contributed by atoms with E-state index < -0.39 is 23.5 Å². The van der Waals surface area contributed by atoms with Crippen molar-refractivity contribution in [2.45, 2.75) is 32.0 Å². The largest absolute Gasteiger partial charge is 0.419 e. The summed E-state index contributed by atoms with van der Waals surface area (Å²) in [5.74, 6) is -2.24. The van der Waals surface area contributed by atoms with E-state index in [4.69, 9.17) is 0 Å². The van der Waals surface area contributed by atoms with Crippen LogP contribution in [0.5, 0.6) is 0 Å². The van der Waals surface area contributed by atoms with Crippen LogP contribution in [0.25, 0.3) is 0 Å². The number of rotatable bonds is 2. The van der Waals surface area contributed by atoms with Crippen LogP contribution < -0.4 is 5.32 Å².